The van der Waals surface area contributed by atoms with E-state index < -0.39 is 18.6 Å². The van der Waals surface area contributed by atoms with E-state index in [1.807, 2.05) is 0 Å². The molecule has 2 heterocycles. The van der Waals surface area contributed by atoms with Gasteiger partial charge in [0.15, 0.2) is 5.76 Å². The van der Waals surface area contributed by atoms with Crippen molar-refractivity contribution in [3.05, 3.63) is 28.3 Å². The largest absolute Gasteiger partial charge is 0.478 e. The lowest BCUT2D eigenvalue weighted by molar-refractivity contribution is -0.127. The van der Waals surface area contributed by atoms with E-state index in [4.69, 9.17) is 9.52 Å². The molecule has 2 aromatic heterocycles. The highest BCUT2D eigenvalue weighted by Gasteiger charge is 2.29. The van der Waals surface area contributed by atoms with Crippen molar-refractivity contribution >= 4 is 17.3 Å². The number of rotatable bonds is 3. The Morgan fingerprint density at radius 1 is 1.50 bits per heavy atom. The second-order valence-electron chi connectivity index (χ2n) is 3.42. The Labute approximate surface area is 103 Å². The van der Waals surface area contributed by atoms with Crippen molar-refractivity contribution in [2.24, 2.45) is 0 Å². The number of aromatic nitrogens is 1. The first kappa shape index (κ1) is 12.6. The lowest BCUT2D eigenvalue weighted by Gasteiger charge is -2.01. The summed E-state index contributed by atoms with van der Waals surface area (Å²) in [5.41, 5.74) is 0.127. The first-order chi connectivity index (χ1) is 8.35. The van der Waals surface area contributed by atoms with E-state index in [2.05, 4.69) is 4.98 Å². The molecule has 2 aromatic rings. The molecule has 0 aliphatic heterocycles. The summed E-state index contributed by atoms with van der Waals surface area (Å²) < 4.78 is 41.3. The lowest BCUT2D eigenvalue weighted by Crippen LogP contribution is -2.11. The van der Waals surface area contributed by atoms with E-state index in [0.717, 1.165) is 17.6 Å². The lowest BCUT2D eigenvalue weighted by atomic mass is 10.3. The van der Waals surface area contributed by atoms with Gasteiger partial charge in [0.05, 0.1) is 12.0 Å². The van der Waals surface area contributed by atoms with Crippen molar-refractivity contribution < 1.29 is 27.5 Å². The summed E-state index contributed by atoms with van der Waals surface area (Å²) in [5.74, 6) is -1.03. The summed E-state index contributed by atoms with van der Waals surface area (Å²) in [4.78, 5) is 14.4. The van der Waals surface area contributed by atoms with Crippen LogP contribution in [0.5, 0.6) is 0 Å². The number of carbonyl (C=O) groups is 1. The zero-order valence-electron chi connectivity index (χ0n) is 8.69. The number of thiazole rings is 1. The van der Waals surface area contributed by atoms with Gasteiger partial charge in [0.25, 0.3) is 0 Å². The maximum Gasteiger partial charge on any atom is 0.395 e. The average Bonchev–Trinajstić information content (AvgIpc) is 2.81. The SMILES string of the molecule is O=C(O)c1coc(-c2csc(CC(F)(F)F)n2)c1. The topological polar surface area (TPSA) is 63.3 Å². The van der Waals surface area contributed by atoms with E-state index >= 15 is 0 Å². The van der Waals surface area contributed by atoms with Crippen molar-refractivity contribution in [2.45, 2.75) is 12.6 Å². The summed E-state index contributed by atoms with van der Waals surface area (Å²) >= 11 is 0.850. The third-order valence-electron chi connectivity index (χ3n) is 2.00. The molecule has 0 saturated heterocycles. The van der Waals surface area contributed by atoms with Crippen molar-refractivity contribution in [3.63, 3.8) is 0 Å². The minimum atomic E-state index is -4.31. The van der Waals surface area contributed by atoms with Gasteiger partial charge in [0, 0.05) is 11.4 Å². The van der Waals surface area contributed by atoms with Crippen LogP contribution in [0.2, 0.25) is 0 Å². The number of carboxylic acids is 1. The maximum absolute atomic E-state index is 12.1. The standard InChI is InChI=1S/C10H6F3NO3S/c11-10(12,13)2-8-14-6(4-18-8)7-1-5(3-17-7)9(15)16/h1,3-4H,2H2,(H,15,16). The molecule has 0 bridgehead atoms. The van der Waals surface area contributed by atoms with Crippen LogP contribution in [0.15, 0.2) is 22.1 Å². The van der Waals surface area contributed by atoms with E-state index in [0.29, 0.717) is 0 Å². The minimum absolute atomic E-state index is 0.0737. The zero-order valence-corrected chi connectivity index (χ0v) is 9.51. The second kappa shape index (κ2) is 4.45. The van der Waals surface area contributed by atoms with Gasteiger partial charge in [-0.3, -0.25) is 0 Å². The van der Waals surface area contributed by atoms with E-state index in [1.165, 1.54) is 11.4 Å². The number of furan rings is 1. The van der Waals surface area contributed by atoms with Crippen molar-refractivity contribution in [2.75, 3.05) is 0 Å². The summed E-state index contributed by atoms with van der Waals surface area (Å²) in [6, 6.07) is 1.22. The van der Waals surface area contributed by atoms with Crippen LogP contribution in [0, 0.1) is 0 Å². The number of alkyl halides is 3. The summed E-state index contributed by atoms with van der Waals surface area (Å²) in [6.07, 6.45) is -4.41. The highest BCUT2D eigenvalue weighted by Crippen LogP contribution is 2.28. The number of hydrogen-bond acceptors (Lipinski definition) is 4. The molecule has 1 N–H and O–H groups in total. The number of halogens is 3. The van der Waals surface area contributed by atoms with Crippen LogP contribution in [0.25, 0.3) is 11.5 Å². The van der Waals surface area contributed by atoms with Gasteiger partial charge < -0.3 is 9.52 Å². The summed E-state index contributed by atoms with van der Waals surface area (Å²) in [5, 5.41) is 9.98. The normalized spacial score (nSPS) is 11.7. The van der Waals surface area contributed by atoms with Crippen LogP contribution in [0.4, 0.5) is 13.2 Å². The van der Waals surface area contributed by atoms with Crippen molar-refractivity contribution in [1.82, 2.24) is 4.98 Å². The molecule has 0 fully saturated rings. The predicted molar refractivity (Wildman–Crippen MR) is 56.5 cm³/mol. The Kier molecular flexibility index (Phi) is 3.12. The summed E-state index contributed by atoms with van der Waals surface area (Å²) in [6.45, 7) is 0. The molecule has 0 aliphatic rings. The van der Waals surface area contributed by atoms with Gasteiger partial charge in [-0.25, -0.2) is 9.78 Å². The van der Waals surface area contributed by atoms with Crippen LogP contribution < -0.4 is 0 Å². The van der Waals surface area contributed by atoms with E-state index in [-0.39, 0.29) is 22.0 Å². The Bertz CT molecular complexity index is 573. The fraction of sp³-hybridized carbons (Fsp3) is 0.200. The van der Waals surface area contributed by atoms with Gasteiger partial charge in [-0.2, -0.15) is 13.2 Å². The van der Waals surface area contributed by atoms with Crippen molar-refractivity contribution in [3.8, 4) is 11.5 Å². The van der Waals surface area contributed by atoms with Gasteiger partial charge in [-0.1, -0.05) is 0 Å². The molecule has 0 unspecified atom stereocenters. The highest BCUT2D eigenvalue weighted by atomic mass is 32.1. The summed E-state index contributed by atoms with van der Waals surface area (Å²) in [7, 11) is 0. The molecule has 0 spiro atoms. The molecule has 0 atom stereocenters. The fourth-order valence-corrected chi connectivity index (χ4v) is 2.07. The van der Waals surface area contributed by atoms with Gasteiger partial charge >= 0.3 is 12.1 Å². The molecule has 96 valence electrons. The Balaban J connectivity index is 2.21. The average molecular weight is 277 g/mol. The molecule has 0 aromatic carbocycles. The van der Waals surface area contributed by atoms with Gasteiger partial charge in [-0.15, -0.1) is 11.3 Å². The minimum Gasteiger partial charge on any atom is -0.478 e. The Hall–Kier alpha value is -1.83. The van der Waals surface area contributed by atoms with Gasteiger partial charge in [0.2, 0.25) is 0 Å². The number of nitrogens with zero attached hydrogens (tertiary/aromatic N) is 1. The zero-order chi connectivity index (χ0) is 13.3. The quantitative estimate of drug-likeness (QED) is 0.935. The predicted octanol–water partition coefficient (Wildman–Crippen LogP) is 3.21. The molecule has 0 aliphatic carbocycles. The maximum atomic E-state index is 12.1. The van der Waals surface area contributed by atoms with E-state index in [9.17, 15) is 18.0 Å². The van der Waals surface area contributed by atoms with Gasteiger partial charge in [0.1, 0.15) is 17.0 Å². The number of aromatic carboxylic acids is 1. The molecule has 0 amide bonds. The molecule has 0 saturated carbocycles. The Morgan fingerprint density at radius 2 is 2.22 bits per heavy atom. The molecular weight excluding hydrogens is 271 g/mol. The second-order valence-corrected chi connectivity index (χ2v) is 4.37. The molecule has 4 nitrogen and oxygen atoms in total. The molecular formula is C10H6F3NO3S. The first-order valence-corrected chi connectivity index (χ1v) is 5.56. The highest BCUT2D eigenvalue weighted by molar-refractivity contribution is 7.09. The van der Waals surface area contributed by atoms with Crippen LogP contribution in [-0.4, -0.2) is 22.2 Å². The van der Waals surface area contributed by atoms with Crippen LogP contribution in [0.3, 0.4) is 0 Å². The molecule has 2 rings (SSSR count). The molecule has 8 heteroatoms. The van der Waals surface area contributed by atoms with Crippen LogP contribution in [-0.2, 0) is 6.42 Å². The molecule has 0 radical (unpaired) electrons. The third kappa shape index (κ3) is 2.89. The monoisotopic (exact) mass is 277 g/mol. The first-order valence-electron chi connectivity index (χ1n) is 4.68. The van der Waals surface area contributed by atoms with Gasteiger partial charge in [-0.05, 0) is 0 Å². The van der Waals surface area contributed by atoms with Crippen molar-refractivity contribution in [1.29, 1.82) is 0 Å². The Morgan fingerprint density at radius 3 is 2.78 bits per heavy atom. The fourth-order valence-electron chi connectivity index (χ4n) is 1.26. The van der Waals surface area contributed by atoms with E-state index in [1.54, 1.807) is 0 Å². The number of hydrogen-bond donors (Lipinski definition) is 1. The van der Waals surface area contributed by atoms with Crippen LogP contribution in [0.1, 0.15) is 15.4 Å². The number of carboxylic acid groups (broad SMARTS) is 1. The smallest absolute Gasteiger partial charge is 0.395 e. The molecule has 18 heavy (non-hydrogen) atoms. The third-order valence-corrected chi connectivity index (χ3v) is 2.85. The van der Waals surface area contributed by atoms with Crippen LogP contribution >= 0.6 is 11.3 Å².